The molecule has 4 aromatic rings. The van der Waals surface area contributed by atoms with Crippen LogP contribution in [0.4, 0.5) is 0 Å². The maximum absolute atomic E-state index is 13.4. The number of fused-ring (bicyclic) bond motifs is 3. The normalized spacial score (nSPS) is 22.6. The maximum atomic E-state index is 13.4. The Morgan fingerprint density at radius 1 is 1.17 bits per heavy atom. The first kappa shape index (κ1) is 17.5. The molecule has 1 aliphatic heterocycles. The second-order valence-electron chi connectivity index (χ2n) is 8.99. The summed E-state index contributed by atoms with van der Waals surface area (Å²) in [7, 11) is 1.73. The van der Waals surface area contributed by atoms with E-state index in [2.05, 4.69) is 47.4 Å². The number of likely N-dealkylation sites (tertiary alicyclic amines) is 1. The van der Waals surface area contributed by atoms with E-state index < -0.39 is 0 Å². The monoisotopic (exact) mass is 397 g/mol. The number of hydrogen-bond acceptors (Lipinski definition) is 2. The van der Waals surface area contributed by atoms with Gasteiger partial charge in [-0.25, -0.2) is 0 Å². The van der Waals surface area contributed by atoms with Gasteiger partial charge in [0.15, 0.2) is 0 Å². The summed E-state index contributed by atoms with van der Waals surface area (Å²) in [6.45, 7) is 3.42. The molecule has 5 nitrogen and oxygen atoms in total. The Morgan fingerprint density at radius 3 is 2.80 bits per heavy atom. The van der Waals surface area contributed by atoms with Crippen LogP contribution in [0.15, 0.2) is 59.7 Å². The number of benzene rings is 2. The molecule has 0 spiro atoms. The van der Waals surface area contributed by atoms with Crippen molar-refractivity contribution in [2.24, 2.45) is 13.0 Å². The zero-order valence-electron chi connectivity index (χ0n) is 17.1. The quantitative estimate of drug-likeness (QED) is 0.560. The standard InChI is InChI=1S/C25H23N3O2/c1-15-12-27(2)24(30)21-20(11-26-22(15)21)23(29)28-13-19-10-25(19,14-28)18-8-7-16-5-3-4-6-17(16)9-18/h3-9,11-12,19,26H,10,13-14H2,1-2H3. The molecule has 6 rings (SSSR count). The highest BCUT2D eigenvalue weighted by Gasteiger charge is 2.61. The number of nitrogens with one attached hydrogen (secondary N) is 1. The Bertz CT molecular complexity index is 1410. The molecule has 1 aliphatic carbocycles. The zero-order chi connectivity index (χ0) is 20.6. The van der Waals surface area contributed by atoms with Gasteiger partial charge >= 0.3 is 0 Å². The molecule has 2 fully saturated rings. The average Bonchev–Trinajstić information content (AvgIpc) is 3.11. The summed E-state index contributed by atoms with van der Waals surface area (Å²) >= 11 is 0. The molecule has 1 N–H and O–H groups in total. The number of piperidine rings is 1. The summed E-state index contributed by atoms with van der Waals surface area (Å²) in [5.41, 5.74) is 3.47. The zero-order valence-corrected chi connectivity index (χ0v) is 17.1. The Balaban J connectivity index is 1.35. The number of carbonyl (C=O) groups excluding carboxylic acids is 1. The molecule has 1 amide bonds. The van der Waals surface area contributed by atoms with Crippen molar-refractivity contribution < 1.29 is 4.79 Å². The third-order valence-corrected chi connectivity index (χ3v) is 7.18. The summed E-state index contributed by atoms with van der Waals surface area (Å²) in [6, 6.07) is 15.1. The molecule has 1 saturated carbocycles. The number of carbonyl (C=O) groups is 1. The highest BCUT2D eigenvalue weighted by molar-refractivity contribution is 6.07. The molecule has 5 heteroatoms. The first-order chi connectivity index (χ1) is 14.5. The highest BCUT2D eigenvalue weighted by Crippen LogP contribution is 2.59. The molecule has 2 aromatic heterocycles. The van der Waals surface area contributed by atoms with Crippen LogP contribution in [0.3, 0.4) is 0 Å². The summed E-state index contributed by atoms with van der Waals surface area (Å²) in [5, 5.41) is 2.99. The summed E-state index contributed by atoms with van der Waals surface area (Å²) in [5.74, 6) is 0.453. The Kier molecular flexibility index (Phi) is 3.41. The van der Waals surface area contributed by atoms with E-state index in [-0.39, 0.29) is 16.9 Å². The van der Waals surface area contributed by atoms with Gasteiger partial charge in [0.2, 0.25) is 0 Å². The van der Waals surface area contributed by atoms with Crippen molar-refractivity contribution in [2.75, 3.05) is 13.1 Å². The molecule has 0 radical (unpaired) electrons. The van der Waals surface area contributed by atoms with Crippen LogP contribution in [-0.2, 0) is 12.5 Å². The van der Waals surface area contributed by atoms with Crippen molar-refractivity contribution in [3.8, 4) is 0 Å². The number of hydrogen-bond donors (Lipinski definition) is 1. The van der Waals surface area contributed by atoms with Gasteiger partial charge in [0.05, 0.1) is 16.5 Å². The minimum absolute atomic E-state index is 0.0451. The van der Waals surface area contributed by atoms with E-state index in [0.29, 0.717) is 23.4 Å². The van der Waals surface area contributed by atoms with Gasteiger partial charge in [-0.05, 0) is 41.2 Å². The Labute approximate surface area is 173 Å². The number of aromatic nitrogens is 2. The van der Waals surface area contributed by atoms with Gasteiger partial charge in [-0.3, -0.25) is 9.59 Å². The molecular formula is C25H23N3O2. The molecule has 2 aromatic carbocycles. The summed E-state index contributed by atoms with van der Waals surface area (Å²) < 4.78 is 1.56. The number of aryl methyl sites for hydroxylation is 2. The van der Waals surface area contributed by atoms with E-state index in [1.54, 1.807) is 24.0 Å². The van der Waals surface area contributed by atoms with Crippen molar-refractivity contribution in [3.63, 3.8) is 0 Å². The van der Waals surface area contributed by atoms with Crippen LogP contribution in [-0.4, -0.2) is 33.4 Å². The first-order valence-electron chi connectivity index (χ1n) is 10.4. The van der Waals surface area contributed by atoms with Crippen LogP contribution in [0.2, 0.25) is 0 Å². The third kappa shape index (κ3) is 2.29. The fourth-order valence-electron chi connectivity index (χ4n) is 5.47. The van der Waals surface area contributed by atoms with Crippen LogP contribution < -0.4 is 5.56 Å². The lowest BCUT2D eigenvalue weighted by Crippen LogP contribution is -2.33. The van der Waals surface area contributed by atoms with Crippen molar-refractivity contribution in [1.29, 1.82) is 0 Å². The van der Waals surface area contributed by atoms with Gasteiger partial charge in [-0.2, -0.15) is 0 Å². The molecule has 3 heterocycles. The second kappa shape index (κ2) is 5.85. The molecule has 2 aliphatic rings. The van der Waals surface area contributed by atoms with E-state index in [4.69, 9.17) is 0 Å². The summed E-state index contributed by atoms with van der Waals surface area (Å²) in [6.07, 6.45) is 4.63. The molecule has 150 valence electrons. The van der Waals surface area contributed by atoms with Crippen LogP contribution in [0.25, 0.3) is 21.7 Å². The van der Waals surface area contributed by atoms with Gasteiger partial charge in [-0.15, -0.1) is 0 Å². The van der Waals surface area contributed by atoms with E-state index in [1.165, 1.54) is 16.3 Å². The fraction of sp³-hybridized carbons (Fsp3) is 0.280. The Morgan fingerprint density at radius 2 is 1.97 bits per heavy atom. The lowest BCUT2D eigenvalue weighted by molar-refractivity contribution is 0.0774. The third-order valence-electron chi connectivity index (χ3n) is 7.18. The minimum atomic E-state index is -0.131. The fourth-order valence-corrected chi connectivity index (χ4v) is 5.47. The number of rotatable bonds is 2. The van der Waals surface area contributed by atoms with E-state index >= 15 is 0 Å². The predicted molar refractivity (Wildman–Crippen MR) is 118 cm³/mol. The molecular weight excluding hydrogens is 374 g/mol. The molecule has 1 saturated heterocycles. The van der Waals surface area contributed by atoms with Crippen molar-refractivity contribution in [3.05, 3.63) is 81.9 Å². The molecule has 2 unspecified atom stereocenters. The SMILES string of the molecule is Cc1cn(C)c(=O)c2c(C(=O)N3CC4CC4(c4ccc5ccccc5c4)C3)c[nH]c12. The number of H-pyrrole nitrogens is 1. The summed E-state index contributed by atoms with van der Waals surface area (Å²) in [4.78, 5) is 31.2. The molecule has 0 bridgehead atoms. The molecule has 30 heavy (non-hydrogen) atoms. The van der Waals surface area contributed by atoms with Crippen LogP contribution >= 0.6 is 0 Å². The lowest BCUT2D eigenvalue weighted by Gasteiger charge is -2.21. The van der Waals surface area contributed by atoms with Gasteiger partial charge in [0.1, 0.15) is 0 Å². The Hall–Kier alpha value is -3.34. The predicted octanol–water partition coefficient (Wildman–Crippen LogP) is 3.74. The number of pyridine rings is 1. The van der Waals surface area contributed by atoms with Gasteiger partial charge in [0, 0.05) is 37.9 Å². The van der Waals surface area contributed by atoms with Gasteiger partial charge < -0.3 is 14.5 Å². The van der Waals surface area contributed by atoms with E-state index in [9.17, 15) is 9.59 Å². The molecule has 2 atom stereocenters. The van der Waals surface area contributed by atoms with Crippen LogP contribution in [0.5, 0.6) is 0 Å². The van der Waals surface area contributed by atoms with E-state index in [1.807, 2.05) is 11.8 Å². The van der Waals surface area contributed by atoms with Crippen molar-refractivity contribution in [1.82, 2.24) is 14.5 Å². The number of nitrogens with zero attached hydrogens (tertiary/aromatic N) is 2. The first-order valence-corrected chi connectivity index (χ1v) is 10.4. The smallest absolute Gasteiger partial charge is 0.260 e. The van der Waals surface area contributed by atoms with Crippen LogP contribution in [0.1, 0.15) is 27.9 Å². The minimum Gasteiger partial charge on any atom is -0.360 e. The van der Waals surface area contributed by atoms with E-state index in [0.717, 1.165) is 24.0 Å². The topological polar surface area (TPSA) is 58.1 Å². The van der Waals surface area contributed by atoms with Crippen LogP contribution in [0, 0.1) is 12.8 Å². The van der Waals surface area contributed by atoms with Gasteiger partial charge in [-0.1, -0.05) is 42.5 Å². The largest absolute Gasteiger partial charge is 0.360 e. The van der Waals surface area contributed by atoms with Crippen molar-refractivity contribution >= 4 is 27.6 Å². The lowest BCUT2D eigenvalue weighted by atomic mass is 9.92. The van der Waals surface area contributed by atoms with Gasteiger partial charge in [0.25, 0.3) is 11.5 Å². The number of aromatic amines is 1. The van der Waals surface area contributed by atoms with Crippen molar-refractivity contribution in [2.45, 2.75) is 18.8 Å². The number of amides is 1. The average molecular weight is 397 g/mol. The highest BCUT2D eigenvalue weighted by atomic mass is 16.2. The maximum Gasteiger partial charge on any atom is 0.260 e. The second-order valence-corrected chi connectivity index (χ2v) is 8.99.